The van der Waals surface area contributed by atoms with Crippen LogP contribution in [0.3, 0.4) is 0 Å². The zero-order chi connectivity index (χ0) is 15.4. The highest BCUT2D eigenvalue weighted by Crippen LogP contribution is 2.21. The molecule has 0 radical (unpaired) electrons. The molecule has 0 atom stereocenters. The summed E-state index contributed by atoms with van der Waals surface area (Å²) in [6.07, 6.45) is 2.03. The van der Waals surface area contributed by atoms with Gasteiger partial charge in [-0.25, -0.2) is 4.39 Å². The number of nitrogens with one attached hydrogen (secondary N) is 1. The van der Waals surface area contributed by atoms with Crippen LogP contribution in [-0.4, -0.2) is 12.0 Å². The minimum absolute atomic E-state index is 0.0181. The topological polar surface area (TPSA) is 66.9 Å². The molecule has 2 aromatic rings. The van der Waals surface area contributed by atoms with Crippen molar-refractivity contribution in [1.82, 2.24) is 0 Å². The van der Waals surface area contributed by atoms with E-state index in [-0.39, 0.29) is 17.2 Å². The third-order valence-electron chi connectivity index (χ3n) is 2.92. The smallest absolute Gasteiger partial charge is 0.150 e. The molecule has 3 nitrogen and oxygen atoms in total. The summed E-state index contributed by atoms with van der Waals surface area (Å²) in [5.41, 5.74) is 7.42. The summed E-state index contributed by atoms with van der Waals surface area (Å²) >= 11 is 6.03. The van der Waals surface area contributed by atoms with Crippen molar-refractivity contribution < 1.29 is 9.18 Å². The van der Waals surface area contributed by atoms with Crippen molar-refractivity contribution in [3.05, 3.63) is 76.1 Å². The maximum atomic E-state index is 12.9. The van der Waals surface area contributed by atoms with Gasteiger partial charge in [0.15, 0.2) is 6.29 Å². The fourth-order valence-corrected chi connectivity index (χ4v) is 2.16. The predicted octanol–water partition coefficient (Wildman–Crippen LogP) is 3.66. The number of halogens is 2. The fraction of sp³-hybridized carbons (Fsp3) is 0. The normalized spacial score (nSPS) is 11.2. The van der Waals surface area contributed by atoms with Crippen LogP contribution < -0.4 is 5.73 Å². The number of hydrogen-bond donors (Lipinski definition) is 2. The Morgan fingerprint density at radius 2 is 1.86 bits per heavy atom. The van der Waals surface area contributed by atoms with Crippen molar-refractivity contribution >= 4 is 29.3 Å². The van der Waals surface area contributed by atoms with E-state index < -0.39 is 0 Å². The number of nitrogens with two attached hydrogens (primary N) is 1. The van der Waals surface area contributed by atoms with Gasteiger partial charge in [-0.3, -0.25) is 4.79 Å². The van der Waals surface area contributed by atoms with Crippen molar-refractivity contribution in [2.75, 3.05) is 0 Å². The molecule has 106 valence electrons. The minimum atomic E-state index is -0.365. The van der Waals surface area contributed by atoms with Gasteiger partial charge in [0.25, 0.3) is 0 Å². The van der Waals surface area contributed by atoms with E-state index in [1.54, 1.807) is 18.2 Å². The van der Waals surface area contributed by atoms with Gasteiger partial charge < -0.3 is 11.1 Å². The highest BCUT2D eigenvalue weighted by molar-refractivity contribution is 6.35. The maximum Gasteiger partial charge on any atom is 0.150 e. The van der Waals surface area contributed by atoms with Gasteiger partial charge in [0.1, 0.15) is 5.82 Å². The standard InChI is InChI=1S/C16H12ClFN2O/c17-13-3-1-2-11(9-21)16(13)15(20)8-14(19)10-4-6-12(18)7-5-10/h1-9,20H,19H2/b14-8-,20-15?. The molecule has 3 N–H and O–H groups in total. The highest BCUT2D eigenvalue weighted by Gasteiger charge is 2.11. The van der Waals surface area contributed by atoms with Crippen LogP contribution in [0.2, 0.25) is 5.02 Å². The molecule has 0 unspecified atom stereocenters. The van der Waals surface area contributed by atoms with Crippen LogP contribution in [0.5, 0.6) is 0 Å². The summed E-state index contributed by atoms with van der Waals surface area (Å²) in [6, 6.07) is 10.4. The number of allylic oxidation sites excluding steroid dienone is 1. The van der Waals surface area contributed by atoms with Gasteiger partial charge >= 0.3 is 0 Å². The van der Waals surface area contributed by atoms with Crippen LogP contribution in [0.15, 0.2) is 48.5 Å². The van der Waals surface area contributed by atoms with E-state index >= 15 is 0 Å². The summed E-state index contributed by atoms with van der Waals surface area (Å²) in [6.45, 7) is 0. The number of carbonyl (C=O) groups excluding carboxylic acids is 1. The average Bonchev–Trinajstić information content (AvgIpc) is 2.47. The Morgan fingerprint density at radius 3 is 2.48 bits per heavy atom. The third kappa shape index (κ3) is 3.35. The Labute approximate surface area is 126 Å². The molecule has 0 aliphatic heterocycles. The Kier molecular flexibility index (Phi) is 4.50. The van der Waals surface area contributed by atoms with Crippen LogP contribution in [-0.2, 0) is 0 Å². The fourth-order valence-electron chi connectivity index (χ4n) is 1.88. The Balaban J connectivity index is 2.39. The third-order valence-corrected chi connectivity index (χ3v) is 3.23. The van der Waals surface area contributed by atoms with E-state index in [0.717, 1.165) is 0 Å². The van der Waals surface area contributed by atoms with Gasteiger partial charge in [0.05, 0.1) is 10.7 Å². The quantitative estimate of drug-likeness (QED) is 0.668. The first kappa shape index (κ1) is 14.9. The Morgan fingerprint density at radius 1 is 1.19 bits per heavy atom. The summed E-state index contributed by atoms with van der Waals surface area (Å²) in [4.78, 5) is 11.0. The molecule has 0 spiro atoms. The van der Waals surface area contributed by atoms with Crippen molar-refractivity contribution in [1.29, 1.82) is 5.41 Å². The van der Waals surface area contributed by atoms with Gasteiger partial charge in [-0.1, -0.05) is 35.9 Å². The maximum absolute atomic E-state index is 12.9. The van der Waals surface area contributed by atoms with Crippen LogP contribution in [0, 0.1) is 11.2 Å². The van der Waals surface area contributed by atoms with Crippen molar-refractivity contribution in [2.45, 2.75) is 0 Å². The number of carbonyl (C=O) groups is 1. The molecule has 0 amide bonds. The molecule has 0 bridgehead atoms. The van der Waals surface area contributed by atoms with Gasteiger partial charge in [-0.15, -0.1) is 0 Å². The molecular weight excluding hydrogens is 291 g/mol. The first-order chi connectivity index (χ1) is 10.0. The largest absolute Gasteiger partial charge is 0.398 e. The molecule has 2 rings (SSSR count). The monoisotopic (exact) mass is 302 g/mol. The molecule has 0 aliphatic rings. The number of benzene rings is 2. The van der Waals surface area contributed by atoms with Crippen LogP contribution in [0.1, 0.15) is 21.5 Å². The van der Waals surface area contributed by atoms with Gasteiger partial charge in [0, 0.05) is 16.8 Å². The molecule has 0 fully saturated rings. The molecular formula is C16H12ClFN2O. The predicted molar refractivity (Wildman–Crippen MR) is 82.2 cm³/mol. The first-order valence-corrected chi connectivity index (χ1v) is 6.46. The second-order valence-corrected chi connectivity index (χ2v) is 4.75. The molecule has 21 heavy (non-hydrogen) atoms. The SMILES string of the molecule is N=C(/C=C(\N)c1ccc(F)cc1)c1c(Cl)cccc1C=O. The van der Waals surface area contributed by atoms with Crippen molar-refractivity contribution in [3.63, 3.8) is 0 Å². The average molecular weight is 303 g/mol. The Bertz CT molecular complexity index is 724. The molecule has 0 aromatic heterocycles. The van der Waals surface area contributed by atoms with E-state index in [1.807, 2.05) is 0 Å². The zero-order valence-corrected chi connectivity index (χ0v) is 11.7. The molecule has 5 heteroatoms. The second kappa shape index (κ2) is 6.33. The first-order valence-electron chi connectivity index (χ1n) is 6.08. The van der Waals surface area contributed by atoms with E-state index in [1.165, 1.54) is 30.3 Å². The lowest BCUT2D eigenvalue weighted by Gasteiger charge is -2.07. The molecule has 2 aromatic carbocycles. The highest BCUT2D eigenvalue weighted by atomic mass is 35.5. The Hall–Kier alpha value is -2.46. The minimum Gasteiger partial charge on any atom is -0.398 e. The molecule has 0 heterocycles. The zero-order valence-electron chi connectivity index (χ0n) is 10.9. The van der Waals surface area contributed by atoms with Gasteiger partial charge in [0.2, 0.25) is 0 Å². The van der Waals surface area contributed by atoms with Gasteiger partial charge in [-0.05, 0) is 29.8 Å². The van der Waals surface area contributed by atoms with Crippen molar-refractivity contribution in [2.24, 2.45) is 5.73 Å². The second-order valence-electron chi connectivity index (χ2n) is 4.34. The van der Waals surface area contributed by atoms with Crippen LogP contribution in [0.25, 0.3) is 5.70 Å². The lowest BCUT2D eigenvalue weighted by atomic mass is 10.0. The number of hydrogen-bond acceptors (Lipinski definition) is 3. The van der Waals surface area contributed by atoms with Crippen molar-refractivity contribution in [3.8, 4) is 0 Å². The summed E-state index contributed by atoms with van der Waals surface area (Å²) in [5, 5.41) is 8.36. The van der Waals surface area contributed by atoms with E-state index in [4.69, 9.17) is 22.7 Å². The van der Waals surface area contributed by atoms with Gasteiger partial charge in [-0.2, -0.15) is 0 Å². The number of rotatable bonds is 4. The van der Waals surface area contributed by atoms with E-state index in [0.29, 0.717) is 28.0 Å². The summed E-state index contributed by atoms with van der Waals surface area (Å²) < 4.78 is 12.9. The molecule has 0 saturated carbocycles. The van der Waals surface area contributed by atoms with E-state index in [2.05, 4.69) is 0 Å². The summed E-state index contributed by atoms with van der Waals surface area (Å²) in [7, 11) is 0. The molecule has 0 aliphatic carbocycles. The van der Waals surface area contributed by atoms with E-state index in [9.17, 15) is 9.18 Å². The molecule has 0 saturated heterocycles. The van der Waals surface area contributed by atoms with Crippen LogP contribution in [0.4, 0.5) is 4.39 Å². The number of aldehydes is 1. The summed E-state index contributed by atoms with van der Waals surface area (Å²) in [5.74, 6) is -0.365. The lowest BCUT2D eigenvalue weighted by molar-refractivity contribution is 0.112. The van der Waals surface area contributed by atoms with Crippen LogP contribution >= 0.6 is 11.6 Å². The lowest BCUT2D eigenvalue weighted by Crippen LogP contribution is -2.06.